The highest BCUT2D eigenvalue weighted by Crippen LogP contribution is 2.24. The number of primary amides is 1. The van der Waals surface area contributed by atoms with E-state index >= 15 is 0 Å². The maximum Gasteiger partial charge on any atom is 0.307 e. The maximum absolute atomic E-state index is 12.3. The third kappa shape index (κ3) is 3.61. The number of hydrogen-bond donors (Lipinski definition) is 2. The Bertz CT molecular complexity index is 1330. The summed E-state index contributed by atoms with van der Waals surface area (Å²) in [4.78, 5) is 33.9. The molecule has 2 heterocycles. The van der Waals surface area contributed by atoms with Gasteiger partial charge in [-0.05, 0) is 18.2 Å². The standard InChI is InChI=1S/C20H15N5O5/c21-19(26)11-24-10-13(15-3-1-2-4-16(15)24)9-22-23-20(27)18-8-12-7-14(25(28)29)5-6-17(12)30-18/h1-10H,11H2,(H2,21,26)(H,23,27). The zero-order chi connectivity index (χ0) is 21.3. The Balaban J connectivity index is 1.55. The molecule has 0 unspecified atom stereocenters. The summed E-state index contributed by atoms with van der Waals surface area (Å²) in [6, 6.07) is 12.9. The number of nitro groups is 1. The zero-order valence-corrected chi connectivity index (χ0v) is 15.4. The lowest BCUT2D eigenvalue weighted by atomic mass is 10.2. The summed E-state index contributed by atoms with van der Waals surface area (Å²) in [5, 5.41) is 16.1. The molecule has 0 radical (unpaired) electrons. The molecule has 10 heteroatoms. The normalized spacial score (nSPS) is 11.3. The van der Waals surface area contributed by atoms with E-state index in [1.54, 1.807) is 10.8 Å². The van der Waals surface area contributed by atoms with Gasteiger partial charge >= 0.3 is 5.91 Å². The number of carbonyl (C=O) groups excluding carboxylic acids is 2. The molecule has 4 rings (SSSR count). The summed E-state index contributed by atoms with van der Waals surface area (Å²) in [7, 11) is 0. The van der Waals surface area contributed by atoms with E-state index in [0.29, 0.717) is 16.5 Å². The third-order valence-electron chi connectivity index (χ3n) is 4.45. The van der Waals surface area contributed by atoms with Crippen molar-refractivity contribution < 1.29 is 18.9 Å². The summed E-state index contributed by atoms with van der Waals surface area (Å²) in [6.07, 6.45) is 3.16. The first-order valence-electron chi connectivity index (χ1n) is 8.80. The van der Waals surface area contributed by atoms with Crippen molar-refractivity contribution in [2.45, 2.75) is 6.54 Å². The van der Waals surface area contributed by atoms with Crippen LogP contribution in [0.2, 0.25) is 0 Å². The second-order valence-electron chi connectivity index (χ2n) is 6.48. The molecule has 150 valence electrons. The number of amides is 2. The number of nitrogens with one attached hydrogen (secondary N) is 1. The molecule has 2 aromatic heterocycles. The summed E-state index contributed by atoms with van der Waals surface area (Å²) in [6.45, 7) is 0.0197. The van der Waals surface area contributed by atoms with Gasteiger partial charge in [-0.3, -0.25) is 19.7 Å². The lowest BCUT2D eigenvalue weighted by Gasteiger charge is -2.00. The molecule has 0 saturated carbocycles. The van der Waals surface area contributed by atoms with E-state index in [1.807, 2.05) is 24.3 Å². The fourth-order valence-electron chi connectivity index (χ4n) is 3.15. The lowest BCUT2D eigenvalue weighted by molar-refractivity contribution is -0.384. The van der Waals surface area contributed by atoms with Crippen LogP contribution in [-0.4, -0.2) is 27.5 Å². The van der Waals surface area contributed by atoms with E-state index in [9.17, 15) is 19.7 Å². The van der Waals surface area contributed by atoms with Gasteiger partial charge in [0.15, 0.2) is 5.76 Å². The average molecular weight is 405 g/mol. The van der Waals surface area contributed by atoms with Crippen molar-refractivity contribution in [3.8, 4) is 0 Å². The second-order valence-corrected chi connectivity index (χ2v) is 6.48. The van der Waals surface area contributed by atoms with Crippen LogP contribution in [-0.2, 0) is 11.3 Å². The molecule has 3 N–H and O–H groups in total. The van der Waals surface area contributed by atoms with Crippen molar-refractivity contribution in [2.24, 2.45) is 10.8 Å². The van der Waals surface area contributed by atoms with Crippen LogP contribution in [0.3, 0.4) is 0 Å². The van der Waals surface area contributed by atoms with Gasteiger partial charge in [-0.1, -0.05) is 18.2 Å². The monoisotopic (exact) mass is 405 g/mol. The van der Waals surface area contributed by atoms with Crippen molar-refractivity contribution in [1.29, 1.82) is 0 Å². The van der Waals surface area contributed by atoms with Gasteiger partial charge in [0.1, 0.15) is 12.1 Å². The number of hydrazone groups is 1. The quantitative estimate of drug-likeness (QED) is 0.287. The van der Waals surface area contributed by atoms with Gasteiger partial charge in [0.25, 0.3) is 5.69 Å². The van der Waals surface area contributed by atoms with Crippen LogP contribution in [0.4, 0.5) is 5.69 Å². The molecule has 0 aliphatic carbocycles. The number of nitro benzene ring substituents is 1. The van der Waals surface area contributed by atoms with E-state index in [0.717, 1.165) is 10.9 Å². The van der Waals surface area contributed by atoms with Crippen molar-refractivity contribution >= 4 is 45.6 Å². The van der Waals surface area contributed by atoms with Crippen molar-refractivity contribution in [2.75, 3.05) is 0 Å². The number of furan rings is 1. The number of fused-ring (bicyclic) bond motifs is 2. The fraction of sp³-hybridized carbons (Fsp3) is 0.0500. The molecule has 0 spiro atoms. The van der Waals surface area contributed by atoms with Gasteiger partial charge in [0, 0.05) is 40.2 Å². The van der Waals surface area contributed by atoms with E-state index < -0.39 is 16.7 Å². The third-order valence-corrected chi connectivity index (χ3v) is 4.45. The molecule has 0 saturated heterocycles. The van der Waals surface area contributed by atoms with Crippen LogP contribution >= 0.6 is 0 Å². The van der Waals surface area contributed by atoms with Crippen LogP contribution in [0.15, 0.2) is 64.2 Å². The number of para-hydroxylation sites is 1. The molecule has 10 nitrogen and oxygen atoms in total. The molecule has 30 heavy (non-hydrogen) atoms. The predicted octanol–water partition coefficient (Wildman–Crippen LogP) is 2.54. The van der Waals surface area contributed by atoms with Crippen LogP contribution in [0.25, 0.3) is 21.9 Å². The zero-order valence-electron chi connectivity index (χ0n) is 15.4. The molecule has 0 fully saturated rings. The molecule has 0 bridgehead atoms. The van der Waals surface area contributed by atoms with E-state index in [-0.39, 0.29) is 18.0 Å². The van der Waals surface area contributed by atoms with Crippen LogP contribution in [0, 0.1) is 10.1 Å². The van der Waals surface area contributed by atoms with Gasteiger partial charge in [0.2, 0.25) is 5.91 Å². The van der Waals surface area contributed by atoms with E-state index in [1.165, 1.54) is 30.5 Å². The number of benzene rings is 2. The first-order valence-corrected chi connectivity index (χ1v) is 8.80. The maximum atomic E-state index is 12.3. The van der Waals surface area contributed by atoms with Gasteiger partial charge in [-0.15, -0.1) is 0 Å². The highest BCUT2D eigenvalue weighted by Gasteiger charge is 2.15. The Morgan fingerprint density at radius 3 is 2.80 bits per heavy atom. The minimum Gasteiger partial charge on any atom is -0.451 e. The van der Waals surface area contributed by atoms with Crippen LogP contribution in [0.1, 0.15) is 16.1 Å². The van der Waals surface area contributed by atoms with E-state index in [2.05, 4.69) is 10.5 Å². The Hall–Kier alpha value is -4.47. The summed E-state index contributed by atoms with van der Waals surface area (Å²) >= 11 is 0. The van der Waals surface area contributed by atoms with Gasteiger partial charge in [-0.2, -0.15) is 5.10 Å². The van der Waals surface area contributed by atoms with Crippen molar-refractivity contribution in [1.82, 2.24) is 9.99 Å². The lowest BCUT2D eigenvalue weighted by Crippen LogP contribution is -2.18. The Morgan fingerprint density at radius 2 is 2.03 bits per heavy atom. The Kier molecular flexibility index (Phi) is 4.72. The molecule has 0 atom stereocenters. The predicted molar refractivity (Wildman–Crippen MR) is 109 cm³/mol. The number of hydrogen-bond acceptors (Lipinski definition) is 6. The average Bonchev–Trinajstić information content (AvgIpc) is 3.29. The Morgan fingerprint density at radius 1 is 1.23 bits per heavy atom. The summed E-state index contributed by atoms with van der Waals surface area (Å²) in [5.74, 6) is -1.11. The molecule has 2 amide bonds. The minimum absolute atomic E-state index is 0.0197. The minimum atomic E-state index is -0.606. The number of nitrogens with zero attached hydrogens (tertiary/aromatic N) is 3. The molecule has 4 aromatic rings. The van der Waals surface area contributed by atoms with Crippen molar-refractivity contribution in [3.05, 3.63) is 76.2 Å². The second kappa shape index (κ2) is 7.51. The van der Waals surface area contributed by atoms with E-state index in [4.69, 9.17) is 10.2 Å². The number of rotatable bonds is 6. The van der Waals surface area contributed by atoms with Crippen LogP contribution in [0.5, 0.6) is 0 Å². The van der Waals surface area contributed by atoms with Crippen LogP contribution < -0.4 is 11.2 Å². The first kappa shape index (κ1) is 18.9. The highest BCUT2D eigenvalue weighted by molar-refractivity contribution is 6.01. The van der Waals surface area contributed by atoms with Gasteiger partial charge in [-0.25, -0.2) is 5.43 Å². The molecule has 0 aliphatic rings. The topological polar surface area (TPSA) is 146 Å². The summed E-state index contributed by atoms with van der Waals surface area (Å²) in [5.41, 5.74) is 9.40. The molecular weight excluding hydrogens is 390 g/mol. The number of aromatic nitrogens is 1. The molecule has 0 aliphatic heterocycles. The van der Waals surface area contributed by atoms with Crippen molar-refractivity contribution in [3.63, 3.8) is 0 Å². The summed E-state index contributed by atoms with van der Waals surface area (Å²) < 4.78 is 7.12. The first-order chi connectivity index (χ1) is 14.4. The van der Waals surface area contributed by atoms with Gasteiger partial charge in [0.05, 0.1) is 11.1 Å². The van der Waals surface area contributed by atoms with Gasteiger partial charge < -0.3 is 14.7 Å². The fourth-order valence-corrected chi connectivity index (χ4v) is 3.15. The Labute approximate surface area is 168 Å². The number of carbonyl (C=O) groups is 2. The number of non-ortho nitro benzene ring substituents is 1. The SMILES string of the molecule is NC(=O)Cn1cc(C=NNC(=O)c2cc3cc([N+](=O)[O-])ccc3o2)c2ccccc21. The molecule has 2 aromatic carbocycles. The molecular formula is C20H15N5O5. The largest absolute Gasteiger partial charge is 0.451 e. The smallest absolute Gasteiger partial charge is 0.307 e. The number of nitrogens with two attached hydrogens (primary N) is 1. The highest BCUT2D eigenvalue weighted by atomic mass is 16.6.